The Morgan fingerprint density at radius 1 is 1.05 bits per heavy atom. The monoisotopic (exact) mass is 650 g/mol. The third kappa shape index (κ3) is 4.93. The first kappa shape index (κ1) is 26.7. The molecule has 9 nitrogen and oxygen atoms in total. The Morgan fingerprint density at radius 3 is 2.55 bits per heavy atom. The molecule has 2 amide bonds. The second-order valence-corrected chi connectivity index (χ2v) is 12.0. The Kier molecular flexibility index (Phi) is 7.20. The molecule has 3 aromatic heterocycles. The van der Waals surface area contributed by atoms with Crippen LogP contribution >= 0.6 is 22.6 Å². The van der Waals surface area contributed by atoms with Gasteiger partial charge in [0.1, 0.15) is 5.82 Å². The summed E-state index contributed by atoms with van der Waals surface area (Å²) in [6.45, 7) is 4.65. The zero-order valence-electron chi connectivity index (χ0n) is 22.6. The number of aromatic nitrogens is 4. The Labute approximate surface area is 245 Å². The summed E-state index contributed by atoms with van der Waals surface area (Å²) in [5, 5.41) is 3.20. The Hall–Kier alpha value is -3.54. The van der Waals surface area contributed by atoms with Crippen molar-refractivity contribution in [2.75, 3.05) is 11.4 Å². The zero-order chi connectivity index (χ0) is 28.0. The number of rotatable bonds is 5. The minimum atomic E-state index is -0.0820. The summed E-state index contributed by atoms with van der Waals surface area (Å²) in [7, 11) is 0. The van der Waals surface area contributed by atoms with E-state index < -0.39 is 0 Å². The third-order valence-corrected chi connectivity index (χ3v) is 8.77. The molecule has 2 aliphatic rings. The molecule has 0 radical (unpaired) electrons. The summed E-state index contributed by atoms with van der Waals surface area (Å²) in [6.07, 6.45) is 7.80. The largest absolute Gasteiger partial charge is 0.349 e. The first-order valence-electron chi connectivity index (χ1n) is 13.7. The Morgan fingerprint density at radius 2 is 1.80 bits per heavy atom. The van der Waals surface area contributed by atoms with Gasteiger partial charge in [-0.1, -0.05) is 12.1 Å². The topological polar surface area (TPSA) is 102 Å². The number of aryl methyl sites for hydroxylation is 1. The fourth-order valence-electron chi connectivity index (χ4n) is 6.07. The molecular weight excluding hydrogens is 619 g/mol. The van der Waals surface area contributed by atoms with E-state index in [0.717, 1.165) is 63.7 Å². The fourth-order valence-corrected chi connectivity index (χ4v) is 6.52. The van der Waals surface area contributed by atoms with Gasteiger partial charge >= 0.3 is 5.69 Å². The molecule has 0 spiro atoms. The van der Waals surface area contributed by atoms with Crippen LogP contribution in [0.15, 0.2) is 53.6 Å². The summed E-state index contributed by atoms with van der Waals surface area (Å²) in [5.41, 5.74) is 4.72. The van der Waals surface area contributed by atoms with Crippen molar-refractivity contribution in [3.05, 3.63) is 79.7 Å². The predicted octanol–water partition coefficient (Wildman–Crippen LogP) is 4.39. The van der Waals surface area contributed by atoms with Crippen LogP contribution in [0.4, 0.5) is 5.82 Å². The number of anilines is 1. The summed E-state index contributed by atoms with van der Waals surface area (Å²) < 4.78 is 4.56. The molecule has 1 aliphatic heterocycles. The van der Waals surface area contributed by atoms with Crippen LogP contribution in [-0.2, 0) is 17.8 Å². The number of amides is 2. The summed E-state index contributed by atoms with van der Waals surface area (Å²) in [6, 6.07) is 11.9. The molecule has 206 valence electrons. The van der Waals surface area contributed by atoms with Gasteiger partial charge in [0.05, 0.1) is 34.2 Å². The average molecular weight is 651 g/mol. The molecule has 1 fully saturated rings. The van der Waals surface area contributed by atoms with E-state index in [4.69, 9.17) is 0 Å². The van der Waals surface area contributed by atoms with Gasteiger partial charge < -0.3 is 5.32 Å². The highest BCUT2D eigenvalue weighted by Gasteiger charge is 2.27. The lowest BCUT2D eigenvalue weighted by Gasteiger charge is -2.29. The lowest BCUT2D eigenvalue weighted by Crippen LogP contribution is -2.39. The summed E-state index contributed by atoms with van der Waals surface area (Å²) >= 11 is 2.17. The normalized spacial score (nSPS) is 18.6. The smallest absolute Gasteiger partial charge is 0.333 e. The van der Waals surface area contributed by atoms with Crippen LogP contribution in [0.1, 0.15) is 54.2 Å². The maximum Gasteiger partial charge on any atom is 0.333 e. The van der Waals surface area contributed by atoms with Crippen molar-refractivity contribution in [3.63, 3.8) is 0 Å². The second kappa shape index (κ2) is 10.8. The van der Waals surface area contributed by atoms with Gasteiger partial charge in [0, 0.05) is 35.8 Å². The van der Waals surface area contributed by atoms with Crippen molar-refractivity contribution in [1.29, 1.82) is 0 Å². The number of nitrogens with zero attached hydrogens (tertiary/aromatic N) is 5. The van der Waals surface area contributed by atoms with E-state index in [-0.39, 0.29) is 23.5 Å². The molecule has 4 aromatic rings. The number of hydrogen-bond acceptors (Lipinski definition) is 5. The molecule has 4 heterocycles. The molecule has 0 bridgehead atoms. The standard InChI is InChI=1S/C30H31IN6O3/c1-18-25(14-22(31)15-32-18)29(39)34-23-9-7-20(8-10-23)17-36-26-5-3-4-6-27(26)37(30(36)40)24-13-21-11-12-35(19(2)38)28(21)33-16-24/h3-6,13-16,20,23H,7-12,17H2,1-2H3,(H,34,39). The van der Waals surface area contributed by atoms with Gasteiger partial charge in [0.2, 0.25) is 5.91 Å². The molecule has 40 heavy (non-hydrogen) atoms. The number of halogens is 1. The van der Waals surface area contributed by atoms with Crippen molar-refractivity contribution < 1.29 is 9.59 Å². The van der Waals surface area contributed by atoms with Crippen LogP contribution in [0.25, 0.3) is 16.7 Å². The quantitative estimate of drug-likeness (QED) is 0.323. The number of carbonyl (C=O) groups excluding carboxylic acids is 2. The molecule has 1 aromatic carbocycles. The molecule has 0 atom stereocenters. The Bertz CT molecular complexity index is 1680. The first-order chi connectivity index (χ1) is 19.3. The second-order valence-electron chi connectivity index (χ2n) is 10.8. The highest BCUT2D eigenvalue weighted by atomic mass is 127. The SMILES string of the molecule is CC(=O)N1CCc2cc(-n3c(=O)n(CC4CCC(NC(=O)c5cc(I)cnc5C)CC4)c4ccccc43)cnc21. The van der Waals surface area contributed by atoms with Crippen LogP contribution in [0.2, 0.25) is 0 Å². The molecular formula is C30H31IN6O3. The molecule has 1 saturated carbocycles. The van der Waals surface area contributed by atoms with E-state index in [1.165, 1.54) is 0 Å². The van der Waals surface area contributed by atoms with Crippen LogP contribution in [0.3, 0.4) is 0 Å². The van der Waals surface area contributed by atoms with E-state index in [1.54, 1.807) is 28.8 Å². The Balaban J connectivity index is 1.20. The van der Waals surface area contributed by atoms with Crippen molar-refractivity contribution in [2.45, 2.75) is 58.5 Å². The van der Waals surface area contributed by atoms with Crippen LogP contribution < -0.4 is 15.9 Å². The van der Waals surface area contributed by atoms with Gasteiger partial charge in [0.25, 0.3) is 5.91 Å². The highest BCUT2D eigenvalue weighted by Crippen LogP contribution is 2.30. The van der Waals surface area contributed by atoms with Gasteiger partial charge in [-0.2, -0.15) is 0 Å². The lowest BCUT2D eigenvalue weighted by atomic mass is 9.85. The average Bonchev–Trinajstić information content (AvgIpc) is 3.49. The van der Waals surface area contributed by atoms with E-state index in [0.29, 0.717) is 30.4 Å². The molecule has 10 heteroatoms. The lowest BCUT2D eigenvalue weighted by molar-refractivity contribution is -0.116. The number of carbonyl (C=O) groups is 2. The highest BCUT2D eigenvalue weighted by molar-refractivity contribution is 14.1. The number of hydrogen-bond donors (Lipinski definition) is 1. The number of nitrogens with one attached hydrogen (secondary N) is 1. The first-order valence-corrected chi connectivity index (χ1v) is 14.8. The summed E-state index contributed by atoms with van der Waals surface area (Å²) in [5.74, 6) is 0.934. The molecule has 0 saturated heterocycles. The number of fused-ring (bicyclic) bond motifs is 2. The molecule has 1 N–H and O–H groups in total. The number of imidazole rings is 1. The number of benzene rings is 1. The van der Waals surface area contributed by atoms with Crippen molar-refractivity contribution in [1.82, 2.24) is 24.4 Å². The van der Waals surface area contributed by atoms with E-state index >= 15 is 0 Å². The van der Waals surface area contributed by atoms with Crippen LogP contribution in [0, 0.1) is 16.4 Å². The predicted molar refractivity (Wildman–Crippen MR) is 162 cm³/mol. The summed E-state index contributed by atoms with van der Waals surface area (Å²) in [4.78, 5) is 49.2. The van der Waals surface area contributed by atoms with Gasteiger partial charge in [-0.15, -0.1) is 0 Å². The van der Waals surface area contributed by atoms with Crippen LogP contribution in [-0.4, -0.2) is 43.5 Å². The maximum atomic E-state index is 13.8. The van der Waals surface area contributed by atoms with Crippen molar-refractivity contribution in [3.8, 4) is 5.69 Å². The van der Waals surface area contributed by atoms with Gasteiger partial charge in [0.15, 0.2) is 0 Å². The van der Waals surface area contributed by atoms with Gasteiger partial charge in [-0.05, 0) is 97.4 Å². The minimum absolute atomic E-state index is 0.0241. The molecule has 1 aliphatic carbocycles. The molecule has 0 unspecified atom stereocenters. The van der Waals surface area contributed by atoms with Crippen molar-refractivity contribution >= 4 is 51.3 Å². The molecule has 6 rings (SSSR count). The number of pyridine rings is 2. The van der Waals surface area contributed by atoms with Crippen molar-refractivity contribution in [2.24, 2.45) is 5.92 Å². The van der Waals surface area contributed by atoms with E-state index in [9.17, 15) is 14.4 Å². The number of para-hydroxylation sites is 2. The van der Waals surface area contributed by atoms with E-state index in [2.05, 4.69) is 37.9 Å². The zero-order valence-corrected chi connectivity index (χ0v) is 24.7. The fraction of sp³-hybridized carbons (Fsp3) is 0.367. The van der Waals surface area contributed by atoms with Gasteiger partial charge in [-0.3, -0.25) is 28.6 Å². The van der Waals surface area contributed by atoms with E-state index in [1.807, 2.05) is 47.9 Å². The van der Waals surface area contributed by atoms with Gasteiger partial charge in [-0.25, -0.2) is 9.78 Å². The minimum Gasteiger partial charge on any atom is -0.349 e. The maximum absolute atomic E-state index is 13.8. The van der Waals surface area contributed by atoms with Crippen LogP contribution in [0.5, 0.6) is 0 Å². The third-order valence-electron chi connectivity index (χ3n) is 8.18.